The average Bonchev–Trinajstić information content (AvgIpc) is 2.23. The molecule has 0 aromatic rings. The molecule has 0 radical (unpaired) electrons. The first kappa shape index (κ1) is 15.9. The van der Waals surface area contributed by atoms with Gasteiger partial charge in [-0.15, -0.1) is 0 Å². The van der Waals surface area contributed by atoms with E-state index in [1.54, 1.807) is 0 Å². The van der Waals surface area contributed by atoms with Crippen LogP contribution in [0.5, 0.6) is 0 Å². The summed E-state index contributed by atoms with van der Waals surface area (Å²) in [7, 11) is 0. The zero-order chi connectivity index (χ0) is 12.4. The smallest absolute Gasteiger partial charge is 0.0784 e. The van der Waals surface area contributed by atoms with E-state index in [0.29, 0.717) is 18.8 Å². The third kappa shape index (κ3) is 9.13. The van der Waals surface area contributed by atoms with Crippen LogP contribution in [0.2, 0.25) is 0 Å². The van der Waals surface area contributed by atoms with Crippen molar-refractivity contribution in [2.75, 3.05) is 19.8 Å². The van der Waals surface area contributed by atoms with Gasteiger partial charge in [0.1, 0.15) is 0 Å². The SMILES string of the molecule is CCCC(CNC(C)C)OC(C)COCC. The number of rotatable bonds is 10. The summed E-state index contributed by atoms with van der Waals surface area (Å²) in [4.78, 5) is 0. The fraction of sp³-hybridized carbons (Fsp3) is 1.00. The van der Waals surface area contributed by atoms with Crippen LogP contribution in [0.3, 0.4) is 0 Å². The molecule has 0 amide bonds. The van der Waals surface area contributed by atoms with E-state index in [0.717, 1.165) is 26.0 Å². The molecule has 0 saturated carbocycles. The second-order valence-electron chi connectivity index (χ2n) is 4.58. The molecule has 0 aromatic carbocycles. The molecule has 0 aromatic heterocycles. The van der Waals surface area contributed by atoms with Crippen LogP contribution in [-0.4, -0.2) is 38.0 Å². The second-order valence-corrected chi connectivity index (χ2v) is 4.58. The third-order valence-corrected chi connectivity index (χ3v) is 2.35. The van der Waals surface area contributed by atoms with E-state index in [9.17, 15) is 0 Å². The molecule has 2 unspecified atom stereocenters. The molecule has 0 aliphatic rings. The van der Waals surface area contributed by atoms with Crippen LogP contribution >= 0.6 is 0 Å². The second kappa shape index (κ2) is 10.1. The van der Waals surface area contributed by atoms with E-state index in [1.807, 2.05) is 6.92 Å². The number of ether oxygens (including phenoxy) is 2. The highest BCUT2D eigenvalue weighted by Crippen LogP contribution is 2.06. The fourth-order valence-corrected chi connectivity index (χ4v) is 1.56. The maximum atomic E-state index is 5.96. The van der Waals surface area contributed by atoms with Gasteiger partial charge in [0, 0.05) is 19.2 Å². The lowest BCUT2D eigenvalue weighted by atomic mass is 10.2. The van der Waals surface area contributed by atoms with Gasteiger partial charge in [-0.1, -0.05) is 27.2 Å². The lowest BCUT2D eigenvalue weighted by molar-refractivity contribution is -0.0487. The number of hydrogen-bond donors (Lipinski definition) is 1. The van der Waals surface area contributed by atoms with Crippen LogP contribution in [0, 0.1) is 0 Å². The number of nitrogens with one attached hydrogen (secondary N) is 1. The first-order chi connectivity index (χ1) is 7.60. The van der Waals surface area contributed by atoms with Crippen molar-refractivity contribution >= 4 is 0 Å². The molecule has 98 valence electrons. The van der Waals surface area contributed by atoms with Gasteiger partial charge in [0.15, 0.2) is 0 Å². The van der Waals surface area contributed by atoms with Gasteiger partial charge in [0.05, 0.1) is 18.8 Å². The molecule has 0 bridgehead atoms. The zero-order valence-corrected chi connectivity index (χ0v) is 11.6. The average molecular weight is 231 g/mol. The lowest BCUT2D eigenvalue weighted by Gasteiger charge is -2.23. The molecular formula is C13H29NO2. The van der Waals surface area contributed by atoms with Crippen LogP contribution in [0.25, 0.3) is 0 Å². The summed E-state index contributed by atoms with van der Waals surface area (Å²) >= 11 is 0. The van der Waals surface area contributed by atoms with Crippen molar-refractivity contribution in [2.24, 2.45) is 0 Å². The summed E-state index contributed by atoms with van der Waals surface area (Å²) in [5.41, 5.74) is 0. The Kier molecular flexibility index (Phi) is 9.99. The molecule has 2 atom stereocenters. The van der Waals surface area contributed by atoms with E-state index < -0.39 is 0 Å². The predicted octanol–water partition coefficient (Wildman–Crippen LogP) is 2.59. The molecule has 16 heavy (non-hydrogen) atoms. The molecule has 3 nitrogen and oxygen atoms in total. The Hall–Kier alpha value is -0.120. The summed E-state index contributed by atoms with van der Waals surface area (Å²) in [6, 6.07) is 0.519. The van der Waals surface area contributed by atoms with Gasteiger partial charge in [-0.05, 0) is 20.3 Å². The van der Waals surface area contributed by atoms with Gasteiger partial charge in [-0.3, -0.25) is 0 Å². The van der Waals surface area contributed by atoms with Crippen LogP contribution in [0.15, 0.2) is 0 Å². The van der Waals surface area contributed by atoms with Gasteiger partial charge >= 0.3 is 0 Å². The first-order valence-electron chi connectivity index (χ1n) is 6.56. The summed E-state index contributed by atoms with van der Waals surface area (Å²) in [5.74, 6) is 0. The van der Waals surface area contributed by atoms with Crippen LogP contribution in [-0.2, 0) is 9.47 Å². The predicted molar refractivity (Wildman–Crippen MR) is 68.9 cm³/mol. The molecule has 0 aliphatic carbocycles. The van der Waals surface area contributed by atoms with Crippen molar-refractivity contribution in [1.29, 1.82) is 0 Å². The normalized spacial score (nSPS) is 15.4. The Balaban J connectivity index is 3.81. The lowest BCUT2D eigenvalue weighted by Crippen LogP contribution is -2.36. The van der Waals surface area contributed by atoms with Gasteiger partial charge in [-0.2, -0.15) is 0 Å². The molecule has 3 heteroatoms. The Bertz CT molecular complexity index is 151. The van der Waals surface area contributed by atoms with Gasteiger partial charge in [-0.25, -0.2) is 0 Å². The van der Waals surface area contributed by atoms with Crippen molar-refractivity contribution in [3.05, 3.63) is 0 Å². The van der Waals surface area contributed by atoms with Gasteiger partial charge in [0.25, 0.3) is 0 Å². The topological polar surface area (TPSA) is 30.5 Å². The minimum absolute atomic E-state index is 0.186. The third-order valence-electron chi connectivity index (χ3n) is 2.35. The Labute approximate surface area is 101 Å². The van der Waals surface area contributed by atoms with Gasteiger partial charge in [0.2, 0.25) is 0 Å². The highest BCUT2D eigenvalue weighted by Gasteiger charge is 2.12. The maximum Gasteiger partial charge on any atom is 0.0784 e. The summed E-state index contributed by atoms with van der Waals surface area (Å²) in [5, 5.41) is 3.43. The quantitative estimate of drug-likeness (QED) is 0.627. The highest BCUT2D eigenvalue weighted by atomic mass is 16.5. The standard InChI is InChI=1S/C13H29NO2/c1-6-8-13(9-14-11(3)4)16-12(5)10-15-7-2/h11-14H,6-10H2,1-5H3. The molecule has 0 spiro atoms. The van der Waals surface area contributed by atoms with E-state index in [2.05, 4.69) is 33.0 Å². The summed E-state index contributed by atoms with van der Waals surface area (Å²) in [6.45, 7) is 13.0. The van der Waals surface area contributed by atoms with Crippen molar-refractivity contribution in [3.8, 4) is 0 Å². The highest BCUT2D eigenvalue weighted by molar-refractivity contribution is 4.65. The minimum atomic E-state index is 0.186. The Morgan fingerprint density at radius 2 is 1.81 bits per heavy atom. The monoisotopic (exact) mass is 231 g/mol. The molecule has 0 rings (SSSR count). The largest absolute Gasteiger partial charge is 0.379 e. The molecule has 0 heterocycles. The molecular weight excluding hydrogens is 202 g/mol. The zero-order valence-electron chi connectivity index (χ0n) is 11.6. The van der Waals surface area contributed by atoms with Crippen molar-refractivity contribution in [1.82, 2.24) is 5.32 Å². The summed E-state index contributed by atoms with van der Waals surface area (Å²) < 4.78 is 11.3. The minimum Gasteiger partial charge on any atom is -0.379 e. The van der Waals surface area contributed by atoms with Crippen LogP contribution < -0.4 is 5.32 Å². The van der Waals surface area contributed by atoms with E-state index >= 15 is 0 Å². The molecule has 1 N–H and O–H groups in total. The van der Waals surface area contributed by atoms with Crippen molar-refractivity contribution in [3.63, 3.8) is 0 Å². The Morgan fingerprint density at radius 1 is 1.12 bits per heavy atom. The van der Waals surface area contributed by atoms with E-state index in [4.69, 9.17) is 9.47 Å². The molecule has 0 saturated heterocycles. The van der Waals surface area contributed by atoms with Crippen LogP contribution in [0.1, 0.15) is 47.5 Å². The van der Waals surface area contributed by atoms with Crippen molar-refractivity contribution in [2.45, 2.75) is 65.7 Å². The van der Waals surface area contributed by atoms with E-state index in [-0.39, 0.29) is 6.10 Å². The van der Waals surface area contributed by atoms with Crippen molar-refractivity contribution < 1.29 is 9.47 Å². The Morgan fingerprint density at radius 3 is 2.31 bits per heavy atom. The van der Waals surface area contributed by atoms with E-state index in [1.165, 1.54) is 0 Å². The fourth-order valence-electron chi connectivity index (χ4n) is 1.56. The first-order valence-corrected chi connectivity index (χ1v) is 6.56. The maximum absolute atomic E-state index is 5.96. The molecule has 0 fully saturated rings. The van der Waals surface area contributed by atoms with Crippen LogP contribution in [0.4, 0.5) is 0 Å². The summed E-state index contributed by atoms with van der Waals surface area (Å²) in [6.07, 6.45) is 2.76. The molecule has 0 aliphatic heterocycles. The van der Waals surface area contributed by atoms with Gasteiger partial charge < -0.3 is 14.8 Å². The number of hydrogen-bond acceptors (Lipinski definition) is 3.